The molecule has 0 bridgehead atoms. The minimum atomic E-state index is -0.381. The molecule has 0 atom stereocenters. The van der Waals surface area contributed by atoms with E-state index >= 15 is 0 Å². The van der Waals surface area contributed by atoms with Crippen molar-refractivity contribution in [1.82, 2.24) is 14.7 Å². The van der Waals surface area contributed by atoms with Gasteiger partial charge in [-0.05, 0) is 44.9 Å². The van der Waals surface area contributed by atoms with E-state index in [1.54, 1.807) is 17.0 Å². The van der Waals surface area contributed by atoms with Crippen molar-refractivity contribution in [3.8, 4) is 0 Å². The first-order chi connectivity index (χ1) is 12.9. The van der Waals surface area contributed by atoms with Crippen LogP contribution in [0.5, 0.6) is 0 Å². The molecule has 0 aliphatic carbocycles. The fraction of sp³-hybridized carbons (Fsp3) is 0.500. The molecule has 27 heavy (non-hydrogen) atoms. The van der Waals surface area contributed by atoms with Gasteiger partial charge in [0.2, 0.25) is 5.91 Å². The summed E-state index contributed by atoms with van der Waals surface area (Å²) >= 11 is 0. The summed E-state index contributed by atoms with van der Waals surface area (Å²) in [6, 6.07) is 4.65. The highest BCUT2D eigenvalue weighted by molar-refractivity contribution is 6.21. The van der Waals surface area contributed by atoms with Crippen molar-refractivity contribution in [3.63, 3.8) is 0 Å². The SMILES string of the molecule is CCN(CC)C(=O)C1CCN(C(=O)c2ccc3c(c2)C(=O)N(C)C3=O)CC1. The number of amides is 4. The van der Waals surface area contributed by atoms with Gasteiger partial charge >= 0.3 is 0 Å². The van der Waals surface area contributed by atoms with E-state index in [9.17, 15) is 19.2 Å². The summed E-state index contributed by atoms with van der Waals surface area (Å²) in [4.78, 5) is 54.0. The average molecular weight is 371 g/mol. The molecule has 1 fully saturated rings. The number of imide groups is 1. The smallest absolute Gasteiger partial charge is 0.261 e. The van der Waals surface area contributed by atoms with Crippen LogP contribution in [0.1, 0.15) is 57.8 Å². The quantitative estimate of drug-likeness (QED) is 0.754. The number of carbonyl (C=O) groups is 4. The molecule has 2 aliphatic rings. The van der Waals surface area contributed by atoms with Crippen molar-refractivity contribution < 1.29 is 19.2 Å². The Morgan fingerprint density at radius 3 is 2.22 bits per heavy atom. The van der Waals surface area contributed by atoms with Crippen LogP contribution in [0.15, 0.2) is 18.2 Å². The fourth-order valence-electron chi connectivity index (χ4n) is 3.80. The lowest BCUT2D eigenvalue weighted by molar-refractivity contribution is -0.136. The summed E-state index contributed by atoms with van der Waals surface area (Å²) < 4.78 is 0. The Morgan fingerprint density at radius 1 is 1.04 bits per heavy atom. The van der Waals surface area contributed by atoms with E-state index in [0.29, 0.717) is 50.1 Å². The number of rotatable bonds is 4. The molecule has 3 rings (SSSR count). The summed E-state index contributed by atoms with van der Waals surface area (Å²) in [5.74, 6) is -0.766. The van der Waals surface area contributed by atoms with Gasteiger partial charge in [0.25, 0.3) is 17.7 Å². The van der Waals surface area contributed by atoms with Gasteiger partial charge in [0, 0.05) is 44.7 Å². The summed E-state index contributed by atoms with van der Waals surface area (Å²) in [5.41, 5.74) is 1.02. The molecule has 1 saturated heterocycles. The Labute approximate surface area is 158 Å². The van der Waals surface area contributed by atoms with Gasteiger partial charge in [0.1, 0.15) is 0 Å². The third-order valence-corrected chi connectivity index (χ3v) is 5.54. The van der Waals surface area contributed by atoms with Crippen molar-refractivity contribution in [2.75, 3.05) is 33.2 Å². The lowest BCUT2D eigenvalue weighted by Crippen LogP contribution is -2.44. The van der Waals surface area contributed by atoms with Crippen molar-refractivity contribution in [3.05, 3.63) is 34.9 Å². The van der Waals surface area contributed by atoms with Crippen LogP contribution in [-0.4, -0.2) is 71.6 Å². The molecule has 144 valence electrons. The lowest BCUT2D eigenvalue weighted by atomic mass is 9.94. The maximum Gasteiger partial charge on any atom is 0.261 e. The molecule has 0 aromatic heterocycles. The van der Waals surface area contributed by atoms with Crippen molar-refractivity contribution >= 4 is 23.6 Å². The molecule has 0 spiro atoms. The average Bonchev–Trinajstić information content (AvgIpc) is 2.92. The Morgan fingerprint density at radius 2 is 1.63 bits per heavy atom. The molecule has 7 nitrogen and oxygen atoms in total. The number of likely N-dealkylation sites (tertiary alicyclic amines) is 1. The number of nitrogens with zero attached hydrogens (tertiary/aromatic N) is 3. The summed E-state index contributed by atoms with van der Waals surface area (Å²) in [6.07, 6.45) is 1.29. The van der Waals surface area contributed by atoms with E-state index in [-0.39, 0.29) is 35.1 Å². The van der Waals surface area contributed by atoms with Crippen molar-refractivity contribution in [2.24, 2.45) is 5.92 Å². The minimum Gasteiger partial charge on any atom is -0.343 e. The molecule has 0 N–H and O–H groups in total. The highest BCUT2D eigenvalue weighted by Gasteiger charge is 2.34. The second kappa shape index (κ2) is 7.50. The maximum absolute atomic E-state index is 12.8. The molecule has 1 aromatic carbocycles. The van der Waals surface area contributed by atoms with Gasteiger partial charge in [-0.2, -0.15) is 0 Å². The largest absolute Gasteiger partial charge is 0.343 e. The zero-order valence-electron chi connectivity index (χ0n) is 16.0. The Kier molecular flexibility index (Phi) is 5.30. The van der Waals surface area contributed by atoms with Crippen LogP contribution in [0.4, 0.5) is 0 Å². The monoisotopic (exact) mass is 371 g/mol. The highest BCUT2D eigenvalue weighted by atomic mass is 16.2. The molecule has 0 saturated carbocycles. The van der Waals surface area contributed by atoms with Crippen LogP contribution >= 0.6 is 0 Å². The normalized spacial score (nSPS) is 17.3. The van der Waals surface area contributed by atoms with Crippen molar-refractivity contribution in [1.29, 1.82) is 0 Å². The van der Waals surface area contributed by atoms with Crippen molar-refractivity contribution in [2.45, 2.75) is 26.7 Å². The first-order valence-corrected chi connectivity index (χ1v) is 9.43. The predicted octanol–water partition coefficient (Wildman–Crippen LogP) is 1.63. The third kappa shape index (κ3) is 3.34. The van der Waals surface area contributed by atoms with E-state index in [4.69, 9.17) is 0 Å². The molecular formula is C20H25N3O4. The zero-order chi connectivity index (χ0) is 19.7. The van der Waals surface area contributed by atoms with Crippen LogP contribution in [0.2, 0.25) is 0 Å². The van der Waals surface area contributed by atoms with Gasteiger partial charge in [-0.15, -0.1) is 0 Å². The van der Waals surface area contributed by atoms with Gasteiger partial charge < -0.3 is 9.80 Å². The van der Waals surface area contributed by atoms with Crippen LogP contribution in [-0.2, 0) is 4.79 Å². The van der Waals surface area contributed by atoms with E-state index in [1.165, 1.54) is 13.1 Å². The lowest BCUT2D eigenvalue weighted by Gasteiger charge is -2.33. The number of hydrogen-bond acceptors (Lipinski definition) is 4. The molecule has 7 heteroatoms. The van der Waals surface area contributed by atoms with Gasteiger partial charge in [0.15, 0.2) is 0 Å². The van der Waals surface area contributed by atoms with Gasteiger partial charge in [-0.1, -0.05) is 0 Å². The van der Waals surface area contributed by atoms with Crippen LogP contribution in [0.3, 0.4) is 0 Å². The van der Waals surface area contributed by atoms with E-state index in [0.717, 1.165) is 4.90 Å². The van der Waals surface area contributed by atoms with Crippen LogP contribution in [0.25, 0.3) is 0 Å². The molecule has 0 unspecified atom stereocenters. The molecule has 2 heterocycles. The summed E-state index contributed by atoms with van der Waals surface area (Å²) in [5, 5.41) is 0. The molecule has 4 amide bonds. The second-order valence-corrected chi connectivity index (χ2v) is 7.01. The van der Waals surface area contributed by atoms with Gasteiger partial charge in [0.05, 0.1) is 11.1 Å². The van der Waals surface area contributed by atoms with E-state index in [2.05, 4.69) is 0 Å². The number of carbonyl (C=O) groups excluding carboxylic acids is 4. The molecule has 0 radical (unpaired) electrons. The summed E-state index contributed by atoms with van der Waals surface area (Å²) in [6.45, 7) is 6.37. The fourth-order valence-corrected chi connectivity index (χ4v) is 3.80. The predicted molar refractivity (Wildman–Crippen MR) is 99.4 cm³/mol. The number of hydrogen-bond donors (Lipinski definition) is 0. The van der Waals surface area contributed by atoms with E-state index in [1.807, 2.05) is 18.7 Å². The molecule has 2 aliphatic heterocycles. The molecule has 1 aromatic rings. The first kappa shape index (κ1) is 19.1. The van der Waals surface area contributed by atoms with Gasteiger partial charge in [-0.3, -0.25) is 24.1 Å². The first-order valence-electron chi connectivity index (χ1n) is 9.43. The topological polar surface area (TPSA) is 78.0 Å². The minimum absolute atomic E-state index is 0.0400. The number of benzene rings is 1. The maximum atomic E-state index is 12.8. The van der Waals surface area contributed by atoms with Crippen LogP contribution in [0, 0.1) is 5.92 Å². The Balaban J connectivity index is 1.68. The van der Waals surface area contributed by atoms with Gasteiger partial charge in [-0.25, -0.2) is 0 Å². The highest BCUT2D eigenvalue weighted by Crippen LogP contribution is 2.25. The summed E-state index contributed by atoms with van der Waals surface area (Å²) in [7, 11) is 1.43. The Bertz CT molecular complexity index is 792. The number of fused-ring (bicyclic) bond motifs is 1. The van der Waals surface area contributed by atoms with Crippen LogP contribution < -0.4 is 0 Å². The number of piperidine rings is 1. The standard InChI is InChI=1S/C20H25N3O4/c1-4-22(5-2)17(24)13-8-10-23(11-9-13)18(25)14-6-7-15-16(12-14)20(27)21(3)19(15)26/h6-7,12-13H,4-5,8-11H2,1-3H3. The van der Waals surface area contributed by atoms with E-state index < -0.39 is 0 Å². The molecular weight excluding hydrogens is 346 g/mol. The third-order valence-electron chi connectivity index (χ3n) is 5.54. The zero-order valence-corrected chi connectivity index (χ0v) is 16.0. The second-order valence-electron chi connectivity index (χ2n) is 7.01. The Hall–Kier alpha value is -2.70.